The van der Waals surface area contributed by atoms with Crippen molar-refractivity contribution in [1.29, 1.82) is 0 Å². The highest BCUT2D eigenvalue weighted by Gasteiger charge is 2.23. The number of hydrogen-bond donors (Lipinski definition) is 1. The lowest BCUT2D eigenvalue weighted by Crippen LogP contribution is -2.17. The van der Waals surface area contributed by atoms with E-state index in [2.05, 4.69) is 28.1 Å². The highest BCUT2D eigenvalue weighted by molar-refractivity contribution is 5.89. The monoisotopic (exact) mass is 248 g/mol. The maximum Gasteiger partial charge on any atom is 0.0518 e. The summed E-state index contributed by atoms with van der Waals surface area (Å²) in [5.74, 6) is 0. The van der Waals surface area contributed by atoms with E-state index in [9.17, 15) is 0 Å². The van der Waals surface area contributed by atoms with Crippen LogP contribution in [0.4, 0.5) is 0 Å². The predicted octanol–water partition coefficient (Wildman–Crippen LogP) is 2.31. The number of aryl methyl sites for hydroxylation is 2. The van der Waals surface area contributed by atoms with Crippen LogP contribution in [0, 0.1) is 0 Å². The Morgan fingerprint density at radius 1 is 1.06 bits per heavy atom. The highest BCUT2D eigenvalue weighted by Crippen LogP contribution is 2.34. The second-order valence-corrected chi connectivity index (χ2v) is 4.89. The molecule has 4 rings (SSSR count). The van der Waals surface area contributed by atoms with Gasteiger partial charge in [0.1, 0.15) is 0 Å². The van der Waals surface area contributed by atoms with Crippen molar-refractivity contribution in [3.05, 3.63) is 35.0 Å². The number of hydrogen-bond acceptors (Lipinski definition) is 1. The second kappa shape index (κ2) is 4.04. The lowest BCUT2D eigenvalue weighted by molar-refractivity contribution is 0.680. The van der Waals surface area contributed by atoms with Gasteiger partial charge in [0.25, 0.3) is 0 Å². The lowest BCUT2D eigenvalue weighted by atomic mass is 10.0. The first-order valence-electron chi connectivity index (χ1n) is 6.28. The predicted molar refractivity (Wildman–Crippen MR) is 73.2 cm³/mol. The maximum atomic E-state index is 3.50. The molecule has 0 aliphatic carbocycles. The Morgan fingerprint density at radius 3 is 2.88 bits per heavy atom. The summed E-state index contributed by atoms with van der Waals surface area (Å²) in [6, 6.07) is 6.83. The van der Waals surface area contributed by atoms with Gasteiger partial charge in [-0.25, -0.2) is 0 Å². The molecule has 0 saturated carbocycles. The van der Waals surface area contributed by atoms with Gasteiger partial charge in [-0.05, 0) is 30.5 Å². The van der Waals surface area contributed by atoms with Crippen molar-refractivity contribution in [3.8, 4) is 0 Å². The van der Waals surface area contributed by atoms with Gasteiger partial charge in [0.2, 0.25) is 0 Å². The van der Waals surface area contributed by atoms with Crippen LogP contribution in [-0.2, 0) is 25.8 Å². The quantitative estimate of drug-likeness (QED) is 0.757. The average molecular weight is 249 g/mol. The van der Waals surface area contributed by atoms with Crippen LogP contribution in [0.1, 0.15) is 16.8 Å². The first-order chi connectivity index (χ1) is 7.95. The molecule has 0 radical (unpaired) electrons. The van der Waals surface area contributed by atoms with E-state index >= 15 is 0 Å². The molecule has 2 aliphatic heterocycles. The number of fused-ring (bicyclic) bond motifs is 3. The van der Waals surface area contributed by atoms with Gasteiger partial charge in [-0.1, -0.05) is 18.2 Å². The largest absolute Gasteiger partial charge is 0.344 e. The summed E-state index contributed by atoms with van der Waals surface area (Å²) in [6.45, 7) is 3.47. The van der Waals surface area contributed by atoms with Crippen molar-refractivity contribution >= 4 is 23.3 Å². The minimum atomic E-state index is 0. The molecule has 3 heterocycles. The Bertz CT molecular complexity index is 571. The third-order valence-corrected chi connectivity index (χ3v) is 4.08. The van der Waals surface area contributed by atoms with E-state index in [1.54, 1.807) is 16.8 Å². The molecule has 3 heteroatoms. The molecule has 0 atom stereocenters. The molecule has 90 valence electrons. The molecule has 17 heavy (non-hydrogen) atoms. The standard InChI is InChI=1S/C14H16N2.ClH/c1-2-10-6-9-16-13-5-8-15-7-4-11(13)12(3-1)14(10)16;/h1-3,15H,4-9H2;1H. The number of benzene rings is 1. The Morgan fingerprint density at radius 2 is 1.94 bits per heavy atom. The number of aromatic nitrogens is 1. The zero-order valence-corrected chi connectivity index (χ0v) is 10.6. The minimum Gasteiger partial charge on any atom is -0.344 e. The zero-order valence-electron chi connectivity index (χ0n) is 9.83. The van der Waals surface area contributed by atoms with Crippen LogP contribution in [0.15, 0.2) is 18.2 Å². The van der Waals surface area contributed by atoms with Gasteiger partial charge in [-0.2, -0.15) is 0 Å². The van der Waals surface area contributed by atoms with Gasteiger partial charge in [0.05, 0.1) is 5.52 Å². The van der Waals surface area contributed by atoms with Crippen molar-refractivity contribution in [1.82, 2.24) is 9.88 Å². The highest BCUT2D eigenvalue weighted by atomic mass is 35.5. The molecule has 2 aromatic rings. The van der Waals surface area contributed by atoms with Crippen LogP contribution in [-0.4, -0.2) is 17.7 Å². The summed E-state index contributed by atoms with van der Waals surface area (Å²) in [5, 5.41) is 5.02. The third-order valence-electron chi connectivity index (χ3n) is 4.08. The van der Waals surface area contributed by atoms with E-state index in [4.69, 9.17) is 0 Å². The topological polar surface area (TPSA) is 17.0 Å². The van der Waals surface area contributed by atoms with E-state index < -0.39 is 0 Å². The molecular weight excluding hydrogens is 232 g/mol. The van der Waals surface area contributed by atoms with Crippen molar-refractivity contribution in [2.45, 2.75) is 25.8 Å². The molecule has 1 N–H and O–H groups in total. The van der Waals surface area contributed by atoms with Gasteiger partial charge < -0.3 is 9.88 Å². The fraction of sp³-hybridized carbons (Fsp3) is 0.429. The second-order valence-electron chi connectivity index (χ2n) is 4.89. The molecule has 1 aromatic carbocycles. The van der Waals surface area contributed by atoms with Crippen molar-refractivity contribution in [3.63, 3.8) is 0 Å². The summed E-state index contributed by atoms with van der Waals surface area (Å²) in [6.07, 6.45) is 3.62. The van der Waals surface area contributed by atoms with Crippen LogP contribution < -0.4 is 5.32 Å². The summed E-state index contributed by atoms with van der Waals surface area (Å²) < 4.78 is 2.58. The smallest absolute Gasteiger partial charge is 0.0518 e. The van der Waals surface area contributed by atoms with E-state index in [1.165, 1.54) is 36.7 Å². The zero-order chi connectivity index (χ0) is 10.5. The Kier molecular flexibility index (Phi) is 2.64. The van der Waals surface area contributed by atoms with Crippen LogP contribution in [0.5, 0.6) is 0 Å². The fourth-order valence-electron chi connectivity index (χ4n) is 3.40. The Labute approximate surface area is 107 Å². The van der Waals surface area contributed by atoms with E-state index in [-0.39, 0.29) is 12.4 Å². The number of halogens is 1. The maximum absolute atomic E-state index is 3.50. The van der Waals surface area contributed by atoms with E-state index in [0.29, 0.717) is 0 Å². The minimum absolute atomic E-state index is 0. The number of nitrogens with one attached hydrogen (secondary N) is 1. The molecule has 0 saturated heterocycles. The van der Waals surface area contributed by atoms with Gasteiger partial charge in [-0.15, -0.1) is 12.4 Å². The molecule has 1 aromatic heterocycles. The SMILES string of the molecule is Cl.c1cc2c3c(c1)c1c(n3CC2)CCNCC1. The molecule has 0 amide bonds. The summed E-state index contributed by atoms with van der Waals surface area (Å²) in [4.78, 5) is 0. The summed E-state index contributed by atoms with van der Waals surface area (Å²) >= 11 is 0. The molecule has 0 bridgehead atoms. The van der Waals surface area contributed by atoms with Gasteiger partial charge in [0.15, 0.2) is 0 Å². The van der Waals surface area contributed by atoms with Gasteiger partial charge >= 0.3 is 0 Å². The fourth-order valence-corrected chi connectivity index (χ4v) is 3.40. The molecule has 0 unspecified atom stereocenters. The van der Waals surface area contributed by atoms with Crippen LogP contribution in [0.25, 0.3) is 10.9 Å². The Balaban J connectivity index is 0.000000902. The number of para-hydroxylation sites is 1. The lowest BCUT2D eigenvalue weighted by Gasteiger charge is -2.04. The summed E-state index contributed by atoms with van der Waals surface area (Å²) in [7, 11) is 0. The van der Waals surface area contributed by atoms with Gasteiger partial charge in [0, 0.05) is 30.6 Å². The van der Waals surface area contributed by atoms with Gasteiger partial charge in [-0.3, -0.25) is 0 Å². The number of rotatable bonds is 0. The first kappa shape index (κ1) is 11.1. The van der Waals surface area contributed by atoms with Crippen LogP contribution >= 0.6 is 12.4 Å². The van der Waals surface area contributed by atoms with Crippen LogP contribution in [0.2, 0.25) is 0 Å². The molecule has 0 spiro atoms. The van der Waals surface area contributed by atoms with Crippen molar-refractivity contribution in [2.24, 2.45) is 0 Å². The normalized spacial score (nSPS) is 17.6. The molecule has 2 nitrogen and oxygen atoms in total. The summed E-state index contributed by atoms with van der Waals surface area (Å²) in [5.41, 5.74) is 6.31. The molecular formula is C14H17ClN2. The molecule has 2 aliphatic rings. The van der Waals surface area contributed by atoms with E-state index in [1.807, 2.05) is 0 Å². The molecule has 0 fully saturated rings. The number of nitrogens with zero attached hydrogens (tertiary/aromatic N) is 1. The first-order valence-corrected chi connectivity index (χ1v) is 6.28. The average Bonchev–Trinajstić information content (AvgIpc) is 2.76. The van der Waals surface area contributed by atoms with E-state index in [0.717, 1.165) is 13.1 Å². The van der Waals surface area contributed by atoms with Crippen molar-refractivity contribution in [2.75, 3.05) is 13.1 Å². The van der Waals surface area contributed by atoms with Crippen LogP contribution in [0.3, 0.4) is 0 Å². The third kappa shape index (κ3) is 1.44. The van der Waals surface area contributed by atoms with Crippen molar-refractivity contribution < 1.29 is 0 Å². The Hall–Kier alpha value is -0.990.